The SMILES string of the molecule is C=C(c1ccc(COC)cn1)N1CCC(Cc2ccc(OC)cc2)CC1. The second kappa shape index (κ2) is 8.86. The lowest BCUT2D eigenvalue weighted by molar-refractivity contribution is 0.184. The number of rotatable bonds is 7. The lowest BCUT2D eigenvalue weighted by atomic mass is 9.90. The molecule has 4 heteroatoms. The molecule has 2 heterocycles. The maximum absolute atomic E-state index is 5.23. The fraction of sp³-hybridized carbons (Fsp3) is 0.409. The first-order valence-corrected chi connectivity index (χ1v) is 9.20. The van der Waals surface area contributed by atoms with Crippen molar-refractivity contribution >= 4 is 5.70 Å². The Morgan fingerprint density at radius 1 is 1.08 bits per heavy atom. The number of hydrogen-bond donors (Lipinski definition) is 0. The monoisotopic (exact) mass is 352 g/mol. The van der Waals surface area contributed by atoms with Crippen LogP contribution < -0.4 is 4.74 Å². The van der Waals surface area contributed by atoms with Crippen molar-refractivity contribution in [2.24, 2.45) is 5.92 Å². The summed E-state index contributed by atoms with van der Waals surface area (Å²) in [6.07, 6.45) is 5.38. The number of aromatic nitrogens is 1. The van der Waals surface area contributed by atoms with Crippen molar-refractivity contribution in [1.82, 2.24) is 9.88 Å². The van der Waals surface area contributed by atoms with Gasteiger partial charge in [-0.25, -0.2) is 0 Å². The molecule has 138 valence electrons. The number of hydrogen-bond acceptors (Lipinski definition) is 4. The Morgan fingerprint density at radius 3 is 2.35 bits per heavy atom. The van der Waals surface area contributed by atoms with Crippen molar-refractivity contribution in [2.75, 3.05) is 27.3 Å². The highest BCUT2D eigenvalue weighted by Gasteiger charge is 2.21. The van der Waals surface area contributed by atoms with E-state index in [0.717, 1.165) is 48.1 Å². The molecule has 3 rings (SSSR count). The number of benzene rings is 1. The Bertz CT molecular complexity index is 702. The molecule has 1 aromatic heterocycles. The van der Waals surface area contributed by atoms with E-state index in [9.17, 15) is 0 Å². The van der Waals surface area contributed by atoms with E-state index in [1.165, 1.54) is 18.4 Å². The summed E-state index contributed by atoms with van der Waals surface area (Å²) in [6.45, 7) is 6.95. The zero-order valence-corrected chi connectivity index (χ0v) is 15.8. The first-order chi connectivity index (χ1) is 12.7. The van der Waals surface area contributed by atoms with Gasteiger partial charge >= 0.3 is 0 Å². The lowest BCUT2D eigenvalue weighted by Crippen LogP contribution is -2.33. The largest absolute Gasteiger partial charge is 0.497 e. The van der Waals surface area contributed by atoms with Crippen LogP contribution in [0, 0.1) is 5.92 Å². The standard InChI is InChI=1S/C22H28N2O2/c1-17(22-9-6-20(15-23-22)16-25-2)24-12-10-19(11-13-24)14-18-4-7-21(26-3)8-5-18/h4-9,15,19H,1,10-14,16H2,2-3H3. The molecule has 0 unspecified atom stereocenters. The van der Waals surface area contributed by atoms with Gasteiger partial charge in [0.25, 0.3) is 0 Å². The summed E-state index contributed by atoms with van der Waals surface area (Å²) in [6, 6.07) is 12.6. The second-order valence-electron chi connectivity index (χ2n) is 6.91. The number of ether oxygens (including phenoxy) is 2. The Hall–Kier alpha value is -2.33. The summed E-state index contributed by atoms with van der Waals surface area (Å²) in [7, 11) is 3.40. The smallest absolute Gasteiger partial charge is 0.118 e. The van der Waals surface area contributed by atoms with Crippen molar-refractivity contribution < 1.29 is 9.47 Å². The van der Waals surface area contributed by atoms with Crippen LogP contribution in [0.4, 0.5) is 0 Å². The van der Waals surface area contributed by atoms with Gasteiger partial charge in [-0.2, -0.15) is 0 Å². The van der Waals surface area contributed by atoms with Crippen LogP contribution in [-0.4, -0.2) is 37.2 Å². The number of nitrogens with zero attached hydrogens (tertiary/aromatic N) is 2. The van der Waals surface area contributed by atoms with Crippen LogP contribution in [0.3, 0.4) is 0 Å². The predicted octanol–water partition coefficient (Wildman–Crippen LogP) is 4.16. The zero-order valence-electron chi connectivity index (χ0n) is 15.8. The fourth-order valence-corrected chi connectivity index (χ4v) is 3.51. The number of methoxy groups -OCH3 is 2. The van der Waals surface area contributed by atoms with Crippen molar-refractivity contribution in [3.8, 4) is 5.75 Å². The van der Waals surface area contributed by atoms with Gasteiger partial charge in [0.2, 0.25) is 0 Å². The Balaban J connectivity index is 1.51. The minimum Gasteiger partial charge on any atom is -0.497 e. The molecule has 0 N–H and O–H groups in total. The summed E-state index contributed by atoms with van der Waals surface area (Å²) in [4.78, 5) is 6.91. The molecular formula is C22H28N2O2. The fourth-order valence-electron chi connectivity index (χ4n) is 3.51. The van der Waals surface area contributed by atoms with Gasteiger partial charge in [0.1, 0.15) is 5.75 Å². The van der Waals surface area contributed by atoms with Crippen LogP contribution in [0.2, 0.25) is 0 Å². The van der Waals surface area contributed by atoms with Crippen LogP contribution in [0.1, 0.15) is 29.7 Å². The van der Waals surface area contributed by atoms with Gasteiger partial charge in [-0.15, -0.1) is 0 Å². The minimum atomic E-state index is 0.594. The normalized spacial score (nSPS) is 15.1. The molecule has 1 aliphatic heterocycles. The third-order valence-corrected chi connectivity index (χ3v) is 5.11. The average molecular weight is 352 g/mol. The molecule has 1 aromatic carbocycles. The molecular weight excluding hydrogens is 324 g/mol. The molecule has 1 fully saturated rings. The predicted molar refractivity (Wildman–Crippen MR) is 105 cm³/mol. The van der Waals surface area contributed by atoms with Crippen LogP contribution in [0.5, 0.6) is 5.75 Å². The first-order valence-electron chi connectivity index (χ1n) is 9.20. The van der Waals surface area contributed by atoms with Gasteiger partial charge in [0, 0.05) is 26.4 Å². The van der Waals surface area contributed by atoms with E-state index in [0.29, 0.717) is 6.61 Å². The number of piperidine rings is 1. The summed E-state index contributed by atoms with van der Waals surface area (Å²) in [5, 5.41) is 0. The van der Waals surface area contributed by atoms with E-state index in [1.807, 2.05) is 24.4 Å². The third-order valence-electron chi connectivity index (χ3n) is 5.11. The molecule has 0 spiro atoms. The third kappa shape index (κ3) is 4.64. The van der Waals surface area contributed by atoms with E-state index in [1.54, 1.807) is 14.2 Å². The lowest BCUT2D eigenvalue weighted by Gasteiger charge is -2.34. The van der Waals surface area contributed by atoms with Crippen molar-refractivity contribution in [2.45, 2.75) is 25.9 Å². The summed E-state index contributed by atoms with van der Waals surface area (Å²) < 4.78 is 10.4. The highest BCUT2D eigenvalue weighted by molar-refractivity contribution is 5.58. The van der Waals surface area contributed by atoms with E-state index >= 15 is 0 Å². The van der Waals surface area contributed by atoms with Gasteiger partial charge < -0.3 is 14.4 Å². The molecule has 2 aromatic rings. The van der Waals surface area contributed by atoms with Gasteiger partial charge in [0.15, 0.2) is 0 Å². The summed E-state index contributed by atoms with van der Waals surface area (Å²) in [5.41, 5.74) is 4.45. The Morgan fingerprint density at radius 2 is 1.77 bits per heavy atom. The van der Waals surface area contributed by atoms with Crippen LogP contribution in [-0.2, 0) is 17.8 Å². The van der Waals surface area contributed by atoms with E-state index in [2.05, 4.69) is 34.7 Å². The van der Waals surface area contributed by atoms with Crippen LogP contribution in [0.15, 0.2) is 49.2 Å². The maximum atomic E-state index is 5.23. The molecule has 26 heavy (non-hydrogen) atoms. The van der Waals surface area contributed by atoms with Gasteiger partial charge in [-0.3, -0.25) is 4.98 Å². The zero-order chi connectivity index (χ0) is 18.4. The Kier molecular flexibility index (Phi) is 6.29. The molecule has 1 aliphatic rings. The van der Waals surface area contributed by atoms with E-state index < -0.39 is 0 Å². The highest BCUT2D eigenvalue weighted by atomic mass is 16.5. The second-order valence-corrected chi connectivity index (χ2v) is 6.91. The molecule has 1 saturated heterocycles. The van der Waals surface area contributed by atoms with E-state index in [-0.39, 0.29) is 0 Å². The topological polar surface area (TPSA) is 34.6 Å². The summed E-state index contributed by atoms with van der Waals surface area (Å²) >= 11 is 0. The number of pyridine rings is 1. The number of likely N-dealkylation sites (tertiary alicyclic amines) is 1. The molecule has 0 amide bonds. The van der Waals surface area contributed by atoms with Gasteiger partial charge in [-0.1, -0.05) is 24.8 Å². The minimum absolute atomic E-state index is 0.594. The molecule has 0 atom stereocenters. The van der Waals surface area contributed by atoms with Crippen molar-refractivity contribution in [3.05, 3.63) is 66.0 Å². The van der Waals surface area contributed by atoms with E-state index in [4.69, 9.17) is 9.47 Å². The molecule has 4 nitrogen and oxygen atoms in total. The first kappa shape index (κ1) is 18.5. The molecule has 0 radical (unpaired) electrons. The van der Waals surface area contributed by atoms with Gasteiger partial charge in [0.05, 0.1) is 25.1 Å². The van der Waals surface area contributed by atoms with Gasteiger partial charge in [-0.05, 0) is 54.5 Å². The van der Waals surface area contributed by atoms with Crippen molar-refractivity contribution in [3.63, 3.8) is 0 Å². The Labute approximate surface area is 156 Å². The molecule has 0 saturated carbocycles. The molecule has 0 bridgehead atoms. The summed E-state index contributed by atoms with van der Waals surface area (Å²) in [5.74, 6) is 1.65. The van der Waals surface area contributed by atoms with Crippen LogP contribution >= 0.6 is 0 Å². The maximum Gasteiger partial charge on any atom is 0.118 e. The quantitative estimate of drug-likeness (QED) is 0.749. The molecule has 0 aliphatic carbocycles. The average Bonchev–Trinajstić information content (AvgIpc) is 2.69. The van der Waals surface area contributed by atoms with Crippen molar-refractivity contribution in [1.29, 1.82) is 0 Å². The van der Waals surface area contributed by atoms with Crippen LogP contribution in [0.25, 0.3) is 5.70 Å². The highest BCUT2D eigenvalue weighted by Crippen LogP contribution is 2.27.